The molecule has 0 aliphatic heterocycles. The highest BCUT2D eigenvalue weighted by Gasteiger charge is 2.49. The number of nitrogens with one attached hydrogen (secondary N) is 1. The van der Waals surface area contributed by atoms with Crippen LogP contribution in [0.3, 0.4) is 0 Å². The Morgan fingerprint density at radius 1 is 1.52 bits per heavy atom. The van der Waals surface area contributed by atoms with Crippen molar-refractivity contribution < 1.29 is 14.5 Å². The van der Waals surface area contributed by atoms with Crippen molar-refractivity contribution >= 4 is 17.3 Å². The number of benzene rings is 1. The molecule has 7 nitrogen and oxygen atoms in total. The van der Waals surface area contributed by atoms with Gasteiger partial charge < -0.3 is 15.8 Å². The quantitative estimate of drug-likeness (QED) is 0.499. The van der Waals surface area contributed by atoms with E-state index in [1.54, 1.807) is 7.11 Å². The molecule has 0 radical (unpaired) electrons. The van der Waals surface area contributed by atoms with Crippen LogP contribution in [0.1, 0.15) is 30.6 Å². The first-order valence-corrected chi connectivity index (χ1v) is 6.65. The van der Waals surface area contributed by atoms with E-state index in [0.29, 0.717) is 5.56 Å². The fourth-order valence-corrected chi connectivity index (χ4v) is 2.63. The maximum Gasteiger partial charge on any atom is 0.292 e. The molecule has 2 unspecified atom stereocenters. The predicted octanol–water partition coefficient (Wildman–Crippen LogP) is 1.72. The molecule has 1 aromatic rings. The molecule has 1 aliphatic carbocycles. The number of amides is 1. The van der Waals surface area contributed by atoms with Crippen molar-refractivity contribution in [3.63, 3.8) is 0 Å². The highest BCUT2D eigenvalue weighted by Crippen LogP contribution is 2.42. The lowest BCUT2D eigenvalue weighted by atomic mass is 9.64. The van der Waals surface area contributed by atoms with Gasteiger partial charge in [-0.2, -0.15) is 0 Å². The maximum atomic E-state index is 12.2. The average Bonchev–Trinajstić information content (AvgIpc) is 2.42. The number of ether oxygens (including phenoxy) is 1. The second-order valence-corrected chi connectivity index (χ2v) is 5.84. The Morgan fingerprint density at radius 3 is 2.67 bits per heavy atom. The van der Waals surface area contributed by atoms with E-state index in [2.05, 4.69) is 5.32 Å². The molecule has 0 saturated heterocycles. The molecule has 114 valence electrons. The number of hydrogen-bond donors (Lipinski definition) is 2. The number of nitrogens with zero attached hydrogens (tertiary/aromatic N) is 1. The van der Waals surface area contributed by atoms with E-state index in [4.69, 9.17) is 10.5 Å². The zero-order valence-corrected chi connectivity index (χ0v) is 12.3. The van der Waals surface area contributed by atoms with Crippen molar-refractivity contribution in [2.45, 2.75) is 32.4 Å². The lowest BCUT2D eigenvalue weighted by Gasteiger charge is -2.51. The van der Waals surface area contributed by atoms with Crippen LogP contribution in [0, 0.1) is 15.5 Å². The van der Waals surface area contributed by atoms with Crippen molar-refractivity contribution in [1.82, 2.24) is 5.32 Å². The molecule has 0 heterocycles. The SMILES string of the molecule is COC1CC(NC(=O)c2ccc([N+](=O)[O-])c(N)c2)C1(C)C. The summed E-state index contributed by atoms with van der Waals surface area (Å²) in [5.74, 6) is -0.288. The van der Waals surface area contributed by atoms with E-state index in [-0.39, 0.29) is 34.8 Å². The van der Waals surface area contributed by atoms with Gasteiger partial charge in [0, 0.05) is 30.2 Å². The third kappa shape index (κ3) is 2.69. The fourth-order valence-electron chi connectivity index (χ4n) is 2.63. The first-order valence-electron chi connectivity index (χ1n) is 6.65. The van der Waals surface area contributed by atoms with Gasteiger partial charge in [-0.25, -0.2) is 0 Å². The van der Waals surface area contributed by atoms with Gasteiger partial charge in [-0.15, -0.1) is 0 Å². The van der Waals surface area contributed by atoms with Crippen LogP contribution in [0.25, 0.3) is 0 Å². The first kappa shape index (κ1) is 15.2. The summed E-state index contributed by atoms with van der Waals surface area (Å²) < 4.78 is 5.33. The number of nitro benzene ring substituents is 1. The third-order valence-electron chi connectivity index (χ3n) is 4.25. The minimum Gasteiger partial charge on any atom is -0.393 e. The second kappa shape index (κ2) is 5.33. The zero-order valence-electron chi connectivity index (χ0n) is 12.3. The molecule has 0 spiro atoms. The van der Waals surface area contributed by atoms with Gasteiger partial charge in [0.15, 0.2) is 0 Å². The molecule has 1 aliphatic rings. The van der Waals surface area contributed by atoms with E-state index < -0.39 is 4.92 Å². The van der Waals surface area contributed by atoms with E-state index in [1.165, 1.54) is 18.2 Å². The second-order valence-electron chi connectivity index (χ2n) is 5.84. The summed E-state index contributed by atoms with van der Waals surface area (Å²) in [4.78, 5) is 22.3. The van der Waals surface area contributed by atoms with Crippen molar-refractivity contribution in [3.05, 3.63) is 33.9 Å². The number of anilines is 1. The highest BCUT2D eigenvalue weighted by atomic mass is 16.6. The Labute approximate surface area is 122 Å². The van der Waals surface area contributed by atoms with Crippen LogP contribution in [0.2, 0.25) is 0 Å². The van der Waals surface area contributed by atoms with Crippen molar-refractivity contribution in [2.75, 3.05) is 12.8 Å². The fraction of sp³-hybridized carbons (Fsp3) is 0.500. The molecule has 0 aromatic heterocycles. The largest absolute Gasteiger partial charge is 0.393 e. The molecule has 7 heteroatoms. The summed E-state index contributed by atoms with van der Waals surface area (Å²) in [6, 6.07) is 3.98. The highest BCUT2D eigenvalue weighted by molar-refractivity contribution is 5.96. The average molecular weight is 293 g/mol. The Bertz CT molecular complexity index is 586. The zero-order chi connectivity index (χ0) is 15.8. The molecule has 1 fully saturated rings. The number of nitrogens with two attached hydrogens (primary N) is 1. The standard InChI is InChI=1S/C14H19N3O4/c1-14(2)11(7-12(14)21-3)16-13(18)8-4-5-10(17(19)20)9(15)6-8/h4-6,11-12H,7,15H2,1-3H3,(H,16,18). The summed E-state index contributed by atoms with van der Waals surface area (Å²) >= 11 is 0. The van der Waals surface area contributed by atoms with Crippen molar-refractivity contribution in [3.8, 4) is 0 Å². The van der Waals surface area contributed by atoms with Crippen LogP contribution in [-0.2, 0) is 4.74 Å². The Morgan fingerprint density at radius 2 is 2.19 bits per heavy atom. The van der Waals surface area contributed by atoms with Crippen LogP contribution >= 0.6 is 0 Å². The topological polar surface area (TPSA) is 107 Å². The normalized spacial score (nSPS) is 23.2. The van der Waals surface area contributed by atoms with Crippen LogP contribution in [0.15, 0.2) is 18.2 Å². The molecule has 1 aromatic carbocycles. The van der Waals surface area contributed by atoms with E-state index >= 15 is 0 Å². The molecular weight excluding hydrogens is 274 g/mol. The van der Waals surface area contributed by atoms with Crippen molar-refractivity contribution in [2.24, 2.45) is 5.41 Å². The number of nitro groups is 1. The molecule has 1 amide bonds. The van der Waals surface area contributed by atoms with Gasteiger partial charge >= 0.3 is 0 Å². The molecule has 2 rings (SSSR count). The molecule has 0 bridgehead atoms. The monoisotopic (exact) mass is 293 g/mol. The predicted molar refractivity (Wildman–Crippen MR) is 78.0 cm³/mol. The molecule has 2 atom stereocenters. The first-order chi connectivity index (χ1) is 9.77. The van der Waals surface area contributed by atoms with Crippen LogP contribution < -0.4 is 11.1 Å². The maximum absolute atomic E-state index is 12.2. The van der Waals surface area contributed by atoms with Gasteiger partial charge in [-0.1, -0.05) is 13.8 Å². The molecule has 3 N–H and O–H groups in total. The summed E-state index contributed by atoms with van der Waals surface area (Å²) in [5.41, 5.74) is 5.55. The third-order valence-corrected chi connectivity index (χ3v) is 4.25. The summed E-state index contributed by atoms with van der Waals surface area (Å²) in [5, 5.41) is 13.6. The number of hydrogen-bond acceptors (Lipinski definition) is 5. The summed E-state index contributed by atoms with van der Waals surface area (Å²) in [6.45, 7) is 4.06. The smallest absolute Gasteiger partial charge is 0.292 e. The van der Waals surface area contributed by atoms with Gasteiger partial charge in [0.25, 0.3) is 11.6 Å². The van der Waals surface area contributed by atoms with Crippen molar-refractivity contribution in [1.29, 1.82) is 0 Å². The summed E-state index contributed by atoms with van der Waals surface area (Å²) in [6.07, 6.45) is 0.863. The van der Waals surface area contributed by atoms with Crippen LogP contribution in [0.4, 0.5) is 11.4 Å². The van der Waals surface area contributed by atoms with Gasteiger partial charge in [-0.05, 0) is 18.6 Å². The van der Waals surface area contributed by atoms with Crippen LogP contribution in [0.5, 0.6) is 0 Å². The number of carbonyl (C=O) groups excluding carboxylic acids is 1. The Hall–Kier alpha value is -2.15. The Balaban J connectivity index is 2.08. The number of nitrogen functional groups attached to an aromatic ring is 1. The lowest BCUT2D eigenvalue weighted by molar-refractivity contribution is -0.383. The molecular formula is C14H19N3O4. The van der Waals surface area contributed by atoms with Gasteiger partial charge in [0.2, 0.25) is 0 Å². The summed E-state index contributed by atoms with van der Waals surface area (Å²) in [7, 11) is 1.65. The number of rotatable bonds is 4. The minimum atomic E-state index is -0.574. The van der Waals surface area contributed by atoms with Gasteiger partial charge in [0.05, 0.1) is 11.0 Å². The van der Waals surface area contributed by atoms with E-state index in [0.717, 1.165) is 6.42 Å². The van der Waals surface area contributed by atoms with E-state index in [1.807, 2.05) is 13.8 Å². The van der Waals surface area contributed by atoms with Crippen LogP contribution in [-0.4, -0.2) is 30.1 Å². The molecule has 21 heavy (non-hydrogen) atoms. The van der Waals surface area contributed by atoms with Gasteiger partial charge in [-0.3, -0.25) is 14.9 Å². The number of carbonyl (C=O) groups is 1. The Kier molecular flexibility index (Phi) is 3.87. The van der Waals surface area contributed by atoms with Gasteiger partial charge in [0.1, 0.15) is 5.69 Å². The molecule has 1 saturated carbocycles. The number of methoxy groups -OCH3 is 1. The minimum absolute atomic E-state index is 0.00589. The van der Waals surface area contributed by atoms with E-state index in [9.17, 15) is 14.9 Å². The lowest BCUT2D eigenvalue weighted by Crippen LogP contribution is -2.61.